The summed E-state index contributed by atoms with van der Waals surface area (Å²) < 4.78 is 0. The Morgan fingerprint density at radius 1 is 0.810 bits per heavy atom. The van der Waals surface area contributed by atoms with Gasteiger partial charge >= 0.3 is 0 Å². The van der Waals surface area contributed by atoms with E-state index in [9.17, 15) is 4.79 Å². The van der Waals surface area contributed by atoms with Crippen LogP contribution in [0, 0.1) is 11.3 Å². The van der Waals surface area contributed by atoms with E-state index < -0.39 is 0 Å². The third-order valence-corrected chi connectivity index (χ3v) is 5.07. The van der Waals surface area contributed by atoms with Gasteiger partial charge in [0.2, 0.25) is 0 Å². The van der Waals surface area contributed by atoms with Gasteiger partial charge in [0.15, 0.2) is 0 Å². The SMILES string of the molecule is C[C@@H]1C(=O)C(C)(C)[C@H](c2ccccc2)[C@H]1c1ccccc1. The summed E-state index contributed by atoms with van der Waals surface area (Å²) in [5, 5.41) is 0. The number of carbonyl (C=O) groups is 1. The number of ketones is 1. The molecule has 2 aromatic carbocycles. The number of rotatable bonds is 2. The van der Waals surface area contributed by atoms with Crippen molar-refractivity contribution >= 4 is 5.78 Å². The van der Waals surface area contributed by atoms with E-state index in [1.807, 2.05) is 12.1 Å². The minimum Gasteiger partial charge on any atom is -0.299 e. The van der Waals surface area contributed by atoms with E-state index in [1.165, 1.54) is 11.1 Å². The van der Waals surface area contributed by atoms with E-state index in [-0.39, 0.29) is 23.2 Å². The minimum atomic E-state index is -0.318. The fourth-order valence-electron chi connectivity index (χ4n) is 4.08. The van der Waals surface area contributed by atoms with Crippen LogP contribution >= 0.6 is 0 Å². The van der Waals surface area contributed by atoms with Crippen LogP contribution < -0.4 is 0 Å². The van der Waals surface area contributed by atoms with Crippen molar-refractivity contribution in [1.29, 1.82) is 0 Å². The molecule has 0 heterocycles. The predicted octanol–water partition coefficient (Wildman–Crippen LogP) is 4.80. The smallest absolute Gasteiger partial charge is 0.142 e. The Labute approximate surface area is 127 Å². The van der Waals surface area contributed by atoms with Crippen LogP contribution in [-0.4, -0.2) is 5.78 Å². The average Bonchev–Trinajstić information content (AvgIpc) is 2.69. The second kappa shape index (κ2) is 5.14. The number of benzene rings is 2. The second-order valence-corrected chi connectivity index (χ2v) is 6.70. The van der Waals surface area contributed by atoms with Crippen LogP contribution in [0.1, 0.15) is 43.7 Å². The zero-order valence-electron chi connectivity index (χ0n) is 12.9. The van der Waals surface area contributed by atoms with Crippen molar-refractivity contribution in [3.8, 4) is 0 Å². The molecule has 108 valence electrons. The van der Waals surface area contributed by atoms with Crippen LogP contribution in [0.5, 0.6) is 0 Å². The first kappa shape index (κ1) is 14.1. The topological polar surface area (TPSA) is 17.1 Å². The highest BCUT2D eigenvalue weighted by atomic mass is 16.1. The molecule has 0 saturated heterocycles. The lowest BCUT2D eigenvalue weighted by Crippen LogP contribution is -2.25. The molecule has 3 atom stereocenters. The van der Waals surface area contributed by atoms with Gasteiger partial charge in [0, 0.05) is 23.2 Å². The van der Waals surface area contributed by atoms with E-state index in [0.717, 1.165) is 0 Å². The molecule has 0 amide bonds. The normalized spacial score (nSPS) is 27.8. The Hall–Kier alpha value is -1.89. The summed E-state index contributed by atoms with van der Waals surface area (Å²) in [5.74, 6) is 0.942. The van der Waals surface area contributed by atoms with Gasteiger partial charge in [-0.3, -0.25) is 4.79 Å². The highest BCUT2D eigenvalue weighted by Gasteiger charge is 2.53. The Balaban J connectivity index is 2.14. The van der Waals surface area contributed by atoms with Gasteiger partial charge in [-0.05, 0) is 11.1 Å². The highest BCUT2D eigenvalue weighted by molar-refractivity contribution is 5.91. The van der Waals surface area contributed by atoms with Crippen LogP contribution in [0.3, 0.4) is 0 Å². The number of hydrogen-bond donors (Lipinski definition) is 0. The Morgan fingerprint density at radius 3 is 1.81 bits per heavy atom. The summed E-state index contributed by atoms with van der Waals surface area (Å²) in [5.41, 5.74) is 2.23. The van der Waals surface area contributed by atoms with Crippen LogP contribution in [0.2, 0.25) is 0 Å². The Kier molecular flexibility index (Phi) is 3.44. The van der Waals surface area contributed by atoms with Gasteiger partial charge < -0.3 is 0 Å². The van der Waals surface area contributed by atoms with Gasteiger partial charge in [-0.25, -0.2) is 0 Å². The number of carbonyl (C=O) groups excluding carboxylic acids is 1. The second-order valence-electron chi connectivity index (χ2n) is 6.70. The molecule has 1 saturated carbocycles. The van der Waals surface area contributed by atoms with Crippen molar-refractivity contribution in [3.05, 3.63) is 71.8 Å². The van der Waals surface area contributed by atoms with E-state index in [1.54, 1.807) is 0 Å². The van der Waals surface area contributed by atoms with E-state index in [2.05, 4.69) is 69.3 Å². The maximum Gasteiger partial charge on any atom is 0.142 e. The zero-order valence-corrected chi connectivity index (χ0v) is 12.9. The summed E-state index contributed by atoms with van der Waals surface area (Å²) in [7, 11) is 0. The summed E-state index contributed by atoms with van der Waals surface area (Å²) in [6.07, 6.45) is 0. The van der Waals surface area contributed by atoms with E-state index >= 15 is 0 Å². The van der Waals surface area contributed by atoms with Gasteiger partial charge in [-0.15, -0.1) is 0 Å². The van der Waals surface area contributed by atoms with Gasteiger partial charge in [-0.1, -0.05) is 81.4 Å². The average molecular weight is 278 g/mol. The summed E-state index contributed by atoms with van der Waals surface area (Å²) >= 11 is 0. The molecule has 0 bridgehead atoms. The minimum absolute atomic E-state index is 0.0626. The van der Waals surface area contributed by atoms with Crippen molar-refractivity contribution in [2.75, 3.05) is 0 Å². The summed E-state index contributed by atoms with van der Waals surface area (Å²) in [6.45, 7) is 6.30. The quantitative estimate of drug-likeness (QED) is 0.771. The predicted molar refractivity (Wildman–Crippen MR) is 86.3 cm³/mol. The molecule has 21 heavy (non-hydrogen) atoms. The molecule has 1 aliphatic carbocycles. The van der Waals surface area contributed by atoms with Crippen LogP contribution in [-0.2, 0) is 4.79 Å². The Bertz CT molecular complexity index is 627. The van der Waals surface area contributed by atoms with Crippen molar-refractivity contribution in [2.24, 2.45) is 11.3 Å². The molecule has 1 nitrogen and oxygen atoms in total. The fourth-order valence-corrected chi connectivity index (χ4v) is 4.08. The van der Waals surface area contributed by atoms with Crippen molar-refractivity contribution in [3.63, 3.8) is 0 Å². The lowest BCUT2D eigenvalue weighted by molar-refractivity contribution is -0.127. The molecule has 0 radical (unpaired) electrons. The maximum absolute atomic E-state index is 12.8. The largest absolute Gasteiger partial charge is 0.299 e. The van der Waals surface area contributed by atoms with Crippen LogP contribution in [0.15, 0.2) is 60.7 Å². The van der Waals surface area contributed by atoms with Crippen LogP contribution in [0.25, 0.3) is 0 Å². The van der Waals surface area contributed by atoms with Gasteiger partial charge in [0.25, 0.3) is 0 Å². The molecular weight excluding hydrogens is 256 g/mol. The summed E-state index contributed by atoms with van der Waals surface area (Å²) in [6, 6.07) is 21.0. The van der Waals surface area contributed by atoms with Gasteiger partial charge in [0.1, 0.15) is 5.78 Å². The number of hydrogen-bond acceptors (Lipinski definition) is 1. The summed E-state index contributed by atoms with van der Waals surface area (Å²) in [4.78, 5) is 12.8. The molecule has 0 aromatic heterocycles. The molecule has 0 unspecified atom stereocenters. The first-order valence-corrected chi connectivity index (χ1v) is 7.67. The molecule has 1 fully saturated rings. The van der Waals surface area contributed by atoms with Crippen molar-refractivity contribution in [2.45, 2.75) is 32.6 Å². The van der Waals surface area contributed by atoms with Crippen molar-refractivity contribution in [1.82, 2.24) is 0 Å². The van der Waals surface area contributed by atoms with Crippen LogP contribution in [0.4, 0.5) is 0 Å². The van der Waals surface area contributed by atoms with Gasteiger partial charge in [-0.2, -0.15) is 0 Å². The maximum atomic E-state index is 12.8. The van der Waals surface area contributed by atoms with E-state index in [0.29, 0.717) is 5.78 Å². The lowest BCUT2D eigenvalue weighted by Gasteiger charge is -2.30. The monoisotopic (exact) mass is 278 g/mol. The first-order valence-electron chi connectivity index (χ1n) is 7.67. The molecule has 1 aliphatic rings. The lowest BCUT2D eigenvalue weighted by atomic mass is 9.72. The molecule has 0 spiro atoms. The highest BCUT2D eigenvalue weighted by Crippen LogP contribution is 2.56. The van der Waals surface area contributed by atoms with Gasteiger partial charge in [0.05, 0.1) is 0 Å². The van der Waals surface area contributed by atoms with E-state index in [4.69, 9.17) is 0 Å². The molecular formula is C20H22O. The third kappa shape index (κ3) is 2.21. The molecule has 3 rings (SSSR count). The molecule has 0 N–H and O–H groups in total. The molecule has 2 aromatic rings. The molecule has 1 heteroatoms. The van der Waals surface area contributed by atoms with Crippen molar-refractivity contribution < 1.29 is 4.79 Å². The molecule has 0 aliphatic heterocycles. The standard InChI is InChI=1S/C20H22O/c1-14-17(15-10-6-4-7-11-15)18(20(2,3)19(14)21)16-12-8-5-9-13-16/h4-14,17-18H,1-3H3/t14-,17+,18+/m0/s1. The fraction of sp³-hybridized carbons (Fsp3) is 0.350. The third-order valence-electron chi connectivity index (χ3n) is 5.07. The first-order chi connectivity index (χ1) is 10.0. The Morgan fingerprint density at radius 2 is 1.29 bits per heavy atom. The zero-order chi connectivity index (χ0) is 15.0. The number of Topliss-reactive ketones (excluding diaryl/α,β-unsaturated/α-hetero) is 1.